The summed E-state index contributed by atoms with van der Waals surface area (Å²) < 4.78 is 14.7. The standard InChI is InChI=1S/C19H17FN4O4/c1-11(2)10-23-19(26)14-6-4-3-5-13(14)17(22-23)18(25)21-12-7-8-15(20)16(9-12)24(27)28/h3-9,11H,10H2,1-2H3,(H,21,25). The van der Waals surface area contributed by atoms with Crippen LogP contribution in [-0.2, 0) is 6.54 Å². The van der Waals surface area contributed by atoms with E-state index in [0.29, 0.717) is 17.3 Å². The van der Waals surface area contributed by atoms with E-state index in [1.54, 1.807) is 24.3 Å². The monoisotopic (exact) mass is 384 g/mol. The Hall–Kier alpha value is -3.62. The van der Waals surface area contributed by atoms with Gasteiger partial charge in [0.25, 0.3) is 11.5 Å². The van der Waals surface area contributed by atoms with Crippen LogP contribution < -0.4 is 10.9 Å². The number of benzene rings is 2. The van der Waals surface area contributed by atoms with Crippen molar-refractivity contribution >= 4 is 28.1 Å². The van der Waals surface area contributed by atoms with Crippen LogP contribution in [0.1, 0.15) is 24.3 Å². The SMILES string of the molecule is CC(C)Cn1nc(C(=O)Nc2ccc(F)c([N+](=O)[O-])c2)c2ccccc2c1=O. The Kier molecular flexibility index (Phi) is 5.16. The molecule has 1 N–H and O–H groups in total. The van der Waals surface area contributed by atoms with Crippen molar-refractivity contribution in [2.45, 2.75) is 20.4 Å². The van der Waals surface area contributed by atoms with Crippen molar-refractivity contribution in [1.29, 1.82) is 0 Å². The largest absolute Gasteiger partial charge is 0.320 e. The number of amides is 1. The molecule has 144 valence electrons. The number of carbonyl (C=O) groups is 1. The van der Waals surface area contributed by atoms with Gasteiger partial charge in [-0.15, -0.1) is 0 Å². The van der Waals surface area contributed by atoms with Gasteiger partial charge in [-0.05, 0) is 24.1 Å². The maximum absolute atomic E-state index is 13.5. The molecule has 0 unspecified atom stereocenters. The molecule has 0 aliphatic rings. The molecule has 8 nitrogen and oxygen atoms in total. The summed E-state index contributed by atoms with van der Waals surface area (Å²) in [5.74, 6) is -1.53. The highest BCUT2D eigenvalue weighted by atomic mass is 19.1. The van der Waals surface area contributed by atoms with Crippen molar-refractivity contribution in [3.05, 3.63) is 74.4 Å². The first-order valence-corrected chi connectivity index (χ1v) is 8.53. The molecule has 28 heavy (non-hydrogen) atoms. The first-order valence-electron chi connectivity index (χ1n) is 8.53. The molecule has 0 saturated heterocycles. The van der Waals surface area contributed by atoms with E-state index in [4.69, 9.17) is 0 Å². The lowest BCUT2D eigenvalue weighted by Gasteiger charge is -2.12. The van der Waals surface area contributed by atoms with Crippen LogP contribution >= 0.6 is 0 Å². The maximum atomic E-state index is 13.5. The van der Waals surface area contributed by atoms with Gasteiger partial charge in [0.05, 0.1) is 10.3 Å². The third-order valence-corrected chi connectivity index (χ3v) is 4.02. The molecule has 3 aromatic rings. The van der Waals surface area contributed by atoms with E-state index in [0.717, 1.165) is 12.1 Å². The van der Waals surface area contributed by atoms with Crippen molar-refractivity contribution in [2.75, 3.05) is 5.32 Å². The number of nitro benzene ring substituents is 1. The zero-order chi connectivity index (χ0) is 20.4. The van der Waals surface area contributed by atoms with Crippen molar-refractivity contribution in [1.82, 2.24) is 9.78 Å². The van der Waals surface area contributed by atoms with Crippen LogP contribution in [0.5, 0.6) is 0 Å². The fraction of sp³-hybridized carbons (Fsp3) is 0.211. The van der Waals surface area contributed by atoms with Gasteiger partial charge in [-0.25, -0.2) is 4.68 Å². The molecule has 1 heterocycles. The number of carbonyl (C=O) groups excluding carboxylic acids is 1. The summed E-state index contributed by atoms with van der Waals surface area (Å²) in [7, 11) is 0. The Morgan fingerprint density at radius 1 is 1.25 bits per heavy atom. The number of hydrogen-bond acceptors (Lipinski definition) is 5. The summed E-state index contributed by atoms with van der Waals surface area (Å²) in [5, 5.41) is 18.3. The Morgan fingerprint density at radius 3 is 2.57 bits per heavy atom. The molecular weight excluding hydrogens is 367 g/mol. The Morgan fingerprint density at radius 2 is 1.93 bits per heavy atom. The minimum Gasteiger partial charge on any atom is -0.320 e. The molecular formula is C19H17FN4O4. The van der Waals surface area contributed by atoms with Crippen LogP contribution in [0.25, 0.3) is 10.8 Å². The number of rotatable bonds is 5. The van der Waals surface area contributed by atoms with Gasteiger partial charge < -0.3 is 5.32 Å². The fourth-order valence-corrected chi connectivity index (χ4v) is 2.79. The average molecular weight is 384 g/mol. The van der Waals surface area contributed by atoms with Gasteiger partial charge in [0.15, 0.2) is 5.69 Å². The Labute approximate surface area is 158 Å². The van der Waals surface area contributed by atoms with Crippen LogP contribution in [-0.4, -0.2) is 20.6 Å². The molecule has 0 aliphatic carbocycles. The first kappa shape index (κ1) is 19.2. The number of anilines is 1. The Bertz CT molecular complexity index is 1140. The average Bonchev–Trinajstić information content (AvgIpc) is 2.65. The van der Waals surface area contributed by atoms with Gasteiger partial charge in [0.1, 0.15) is 0 Å². The number of nitro groups is 1. The van der Waals surface area contributed by atoms with E-state index in [-0.39, 0.29) is 22.9 Å². The molecule has 0 atom stereocenters. The second-order valence-corrected chi connectivity index (χ2v) is 6.65. The van der Waals surface area contributed by atoms with Gasteiger partial charge in [0, 0.05) is 23.7 Å². The van der Waals surface area contributed by atoms with Gasteiger partial charge in [-0.3, -0.25) is 19.7 Å². The minimum absolute atomic E-state index is 0.00262. The lowest BCUT2D eigenvalue weighted by atomic mass is 10.1. The van der Waals surface area contributed by atoms with Crippen LogP contribution in [0.15, 0.2) is 47.3 Å². The van der Waals surface area contributed by atoms with Gasteiger partial charge in [-0.1, -0.05) is 32.0 Å². The second kappa shape index (κ2) is 7.55. The zero-order valence-corrected chi connectivity index (χ0v) is 15.2. The quantitative estimate of drug-likeness (QED) is 0.536. The predicted octanol–water partition coefficient (Wildman–Crippen LogP) is 3.35. The summed E-state index contributed by atoms with van der Waals surface area (Å²) in [4.78, 5) is 35.4. The van der Waals surface area contributed by atoms with Crippen molar-refractivity contribution in [2.24, 2.45) is 5.92 Å². The number of aromatic nitrogens is 2. The first-order chi connectivity index (χ1) is 13.3. The normalized spacial score (nSPS) is 11.0. The number of nitrogens with one attached hydrogen (secondary N) is 1. The third-order valence-electron chi connectivity index (χ3n) is 4.02. The summed E-state index contributed by atoms with van der Waals surface area (Å²) in [6.45, 7) is 4.16. The second-order valence-electron chi connectivity index (χ2n) is 6.65. The predicted molar refractivity (Wildman–Crippen MR) is 102 cm³/mol. The third kappa shape index (κ3) is 3.73. The van der Waals surface area contributed by atoms with Gasteiger partial charge >= 0.3 is 5.69 Å². The molecule has 1 aromatic heterocycles. The molecule has 0 spiro atoms. The molecule has 9 heteroatoms. The van der Waals surface area contributed by atoms with Gasteiger partial charge in [0.2, 0.25) is 5.82 Å². The highest BCUT2D eigenvalue weighted by Crippen LogP contribution is 2.22. The minimum atomic E-state index is -1.00. The summed E-state index contributed by atoms with van der Waals surface area (Å²) in [6.07, 6.45) is 0. The van der Waals surface area contributed by atoms with Crippen LogP contribution in [0, 0.1) is 21.8 Å². The molecule has 3 rings (SSSR count). The summed E-state index contributed by atoms with van der Waals surface area (Å²) >= 11 is 0. The van der Waals surface area contributed by atoms with Crippen molar-refractivity contribution < 1.29 is 14.1 Å². The molecule has 0 aliphatic heterocycles. The molecule has 0 saturated carbocycles. The molecule has 1 amide bonds. The van der Waals surface area contributed by atoms with Crippen LogP contribution in [0.3, 0.4) is 0 Å². The van der Waals surface area contributed by atoms with E-state index >= 15 is 0 Å². The van der Waals surface area contributed by atoms with E-state index < -0.39 is 22.3 Å². The number of halogens is 1. The lowest BCUT2D eigenvalue weighted by molar-refractivity contribution is -0.387. The van der Waals surface area contributed by atoms with E-state index in [1.807, 2.05) is 13.8 Å². The molecule has 2 aromatic carbocycles. The van der Waals surface area contributed by atoms with Crippen molar-refractivity contribution in [3.63, 3.8) is 0 Å². The summed E-state index contributed by atoms with van der Waals surface area (Å²) in [6, 6.07) is 9.62. The highest BCUT2D eigenvalue weighted by Gasteiger charge is 2.19. The topological polar surface area (TPSA) is 107 Å². The Balaban J connectivity index is 2.06. The van der Waals surface area contributed by atoms with Gasteiger partial charge in [-0.2, -0.15) is 9.49 Å². The van der Waals surface area contributed by atoms with Crippen molar-refractivity contribution in [3.8, 4) is 0 Å². The van der Waals surface area contributed by atoms with Crippen LogP contribution in [0.4, 0.5) is 15.8 Å². The fourth-order valence-electron chi connectivity index (χ4n) is 2.79. The van der Waals surface area contributed by atoms with E-state index in [1.165, 1.54) is 10.7 Å². The number of nitrogens with zero attached hydrogens (tertiary/aromatic N) is 3. The lowest BCUT2D eigenvalue weighted by Crippen LogP contribution is -2.29. The highest BCUT2D eigenvalue weighted by molar-refractivity contribution is 6.11. The number of hydrogen-bond donors (Lipinski definition) is 1. The number of fused-ring (bicyclic) bond motifs is 1. The molecule has 0 fully saturated rings. The smallest absolute Gasteiger partial charge is 0.306 e. The molecule has 0 bridgehead atoms. The van der Waals surface area contributed by atoms with E-state index in [9.17, 15) is 24.1 Å². The van der Waals surface area contributed by atoms with E-state index in [2.05, 4.69) is 10.4 Å². The van der Waals surface area contributed by atoms with Crippen LogP contribution in [0.2, 0.25) is 0 Å². The maximum Gasteiger partial charge on any atom is 0.306 e. The zero-order valence-electron chi connectivity index (χ0n) is 15.2. The molecule has 0 radical (unpaired) electrons. The summed E-state index contributed by atoms with van der Waals surface area (Å²) in [5.41, 5.74) is -1.01.